The number of carbonyl (C=O) groups is 1. The zero-order chi connectivity index (χ0) is 18.5. The van der Waals surface area contributed by atoms with E-state index in [1.165, 1.54) is 24.3 Å². The summed E-state index contributed by atoms with van der Waals surface area (Å²) >= 11 is 0. The molecule has 0 spiro atoms. The number of nitrogens with zero attached hydrogens (tertiary/aromatic N) is 3. The molecule has 3 aromatic rings. The first-order chi connectivity index (χ1) is 12.6. The van der Waals surface area contributed by atoms with Crippen LogP contribution in [0.5, 0.6) is 0 Å². The van der Waals surface area contributed by atoms with Crippen molar-refractivity contribution in [1.82, 2.24) is 9.99 Å². The molecule has 26 heavy (non-hydrogen) atoms. The van der Waals surface area contributed by atoms with E-state index in [2.05, 4.69) is 17.1 Å². The normalized spacial score (nSPS) is 10.9. The van der Waals surface area contributed by atoms with Gasteiger partial charge in [-0.2, -0.15) is 5.10 Å². The molecular weight excluding hydrogens is 332 g/mol. The molecule has 0 atom stereocenters. The van der Waals surface area contributed by atoms with Gasteiger partial charge in [0, 0.05) is 46.9 Å². The van der Waals surface area contributed by atoms with Crippen LogP contribution in [0, 0.1) is 10.1 Å². The van der Waals surface area contributed by atoms with Crippen molar-refractivity contribution in [1.29, 1.82) is 0 Å². The quantitative estimate of drug-likeness (QED) is 0.320. The highest BCUT2D eigenvalue weighted by Gasteiger charge is 2.09. The van der Waals surface area contributed by atoms with Crippen LogP contribution in [0.3, 0.4) is 0 Å². The molecule has 0 aliphatic heterocycles. The summed E-state index contributed by atoms with van der Waals surface area (Å²) in [5.41, 5.74) is 4.58. The van der Waals surface area contributed by atoms with E-state index in [0.717, 1.165) is 16.5 Å². The number of allylic oxidation sites excluding steroid dienone is 1. The van der Waals surface area contributed by atoms with E-state index >= 15 is 0 Å². The number of carbonyl (C=O) groups excluding carboxylic acids is 1. The molecule has 0 unspecified atom stereocenters. The number of non-ortho nitro benzene ring substituents is 1. The number of fused-ring (bicyclic) bond motifs is 1. The van der Waals surface area contributed by atoms with Crippen LogP contribution in [0.25, 0.3) is 10.9 Å². The Morgan fingerprint density at radius 1 is 1.23 bits per heavy atom. The van der Waals surface area contributed by atoms with E-state index in [-0.39, 0.29) is 5.69 Å². The third-order valence-corrected chi connectivity index (χ3v) is 3.86. The number of aromatic nitrogens is 1. The number of benzene rings is 2. The zero-order valence-electron chi connectivity index (χ0n) is 13.8. The van der Waals surface area contributed by atoms with Crippen LogP contribution in [-0.2, 0) is 6.54 Å². The summed E-state index contributed by atoms with van der Waals surface area (Å²) in [6, 6.07) is 13.2. The Morgan fingerprint density at radius 2 is 1.96 bits per heavy atom. The molecule has 130 valence electrons. The highest BCUT2D eigenvalue weighted by atomic mass is 16.6. The summed E-state index contributed by atoms with van der Waals surface area (Å²) < 4.78 is 2.04. The molecule has 0 saturated carbocycles. The molecule has 7 heteroatoms. The lowest BCUT2D eigenvalue weighted by atomic mass is 10.2. The van der Waals surface area contributed by atoms with Crippen molar-refractivity contribution in [2.75, 3.05) is 0 Å². The number of nitro groups is 1. The second-order valence-electron chi connectivity index (χ2n) is 5.55. The maximum atomic E-state index is 12.1. The maximum Gasteiger partial charge on any atom is 0.271 e. The minimum absolute atomic E-state index is 0.0694. The average Bonchev–Trinajstić information content (AvgIpc) is 3.00. The molecule has 0 fully saturated rings. The first kappa shape index (κ1) is 17.1. The molecule has 0 bridgehead atoms. The number of nitro benzene ring substituents is 1. The van der Waals surface area contributed by atoms with E-state index < -0.39 is 10.8 Å². The van der Waals surface area contributed by atoms with Crippen LogP contribution in [0.15, 0.2) is 72.5 Å². The molecular formula is C19H16N4O3. The highest BCUT2D eigenvalue weighted by Crippen LogP contribution is 2.20. The zero-order valence-corrected chi connectivity index (χ0v) is 13.8. The topological polar surface area (TPSA) is 89.5 Å². The highest BCUT2D eigenvalue weighted by molar-refractivity contribution is 6.00. The van der Waals surface area contributed by atoms with Crippen molar-refractivity contribution in [3.05, 3.63) is 88.6 Å². The van der Waals surface area contributed by atoms with Crippen LogP contribution < -0.4 is 5.43 Å². The number of amides is 1. The van der Waals surface area contributed by atoms with Gasteiger partial charge in [-0.25, -0.2) is 5.43 Å². The van der Waals surface area contributed by atoms with Crippen molar-refractivity contribution in [2.24, 2.45) is 5.10 Å². The average molecular weight is 348 g/mol. The first-order valence-electron chi connectivity index (χ1n) is 7.87. The summed E-state index contributed by atoms with van der Waals surface area (Å²) in [6.45, 7) is 4.42. The van der Waals surface area contributed by atoms with Gasteiger partial charge in [0.1, 0.15) is 0 Å². The van der Waals surface area contributed by atoms with E-state index in [1.807, 2.05) is 41.1 Å². The number of hydrazone groups is 1. The number of hydrogen-bond acceptors (Lipinski definition) is 4. The van der Waals surface area contributed by atoms with Gasteiger partial charge in [-0.05, 0) is 18.2 Å². The fraction of sp³-hybridized carbons (Fsp3) is 0.0526. The molecule has 0 aliphatic rings. The number of rotatable bonds is 6. The fourth-order valence-electron chi connectivity index (χ4n) is 2.63. The van der Waals surface area contributed by atoms with Gasteiger partial charge in [-0.1, -0.05) is 24.3 Å². The number of nitrogens with one attached hydrogen (secondary N) is 1. The van der Waals surface area contributed by atoms with E-state index in [1.54, 1.807) is 6.21 Å². The summed E-state index contributed by atoms with van der Waals surface area (Å²) in [5.74, 6) is -0.439. The first-order valence-corrected chi connectivity index (χ1v) is 7.87. The Bertz CT molecular complexity index is 1000. The lowest BCUT2D eigenvalue weighted by Gasteiger charge is -1.99. The van der Waals surface area contributed by atoms with Crippen molar-refractivity contribution in [3.63, 3.8) is 0 Å². The largest absolute Gasteiger partial charge is 0.343 e. The van der Waals surface area contributed by atoms with Gasteiger partial charge in [-0.3, -0.25) is 14.9 Å². The van der Waals surface area contributed by atoms with Gasteiger partial charge >= 0.3 is 0 Å². The lowest BCUT2D eigenvalue weighted by Crippen LogP contribution is -2.17. The van der Waals surface area contributed by atoms with E-state index in [4.69, 9.17) is 0 Å². The predicted molar refractivity (Wildman–Crippen MR) is 100 cm³/mol. The Balaban J connectivity index is 1.76. The van der Waals surface area contributed by atoms with E-state index in [0.29, 0.717) is 12.1 Å². The molecule has 2 aromatic carbocycles. The lowest BCUT2D eigenvalue weighted by molar-refractivity contribution is -0.384. The minimum atomic E-state index is -0.515. The second kappa shape index (κ2) is 7.43. The standard InChI is InChI=1S/C19H16N4O3/c1-2-11-22-13-15(17-5-3-4-6-18(17)22)12-20-21-19(24)14-7-9-16(10-8-14)23(25)26/h2-10,12-13H,1,11H2,(H,21,24)/b20-12-. The molecule has 0 saturated heterocycles. The summed E-state index contributed by atoms with van der Waals surface area (Å²) in [7, 11) is 0. The van der Waals surface area contributed by atoms with Crippen LogP contribution in [-0.4, -0.2) is 21.6 Å². The third-order valence-electron chi connectivity index (χ3n) is 3.86. The van der Waals surface area contributed by atoms with Crippen molar-refractivity contribution >= 4 is 28.7 Å². The van der Waals surface area contributed by atoms with Crippen LogP contribution >= 0.6 is 0 Å². The van der Waals surface area contributed by atoms with Gasteiger partial charge in [-0.15, -0.1) is 6.58 Å². The number of hydrogen-bond donors (Lipinski definition) is 1. The predicted octanol–water partition coefficient (Wildman–Crippen LogP) is 3.50. The molecule has 1 amide bonds. The summed E-state index contributed by atoms with van der Waals surface area (Å²) in [4.78, 5) is 22.2. The second-order valence-corrected chi connectivity index (χ2v) is 5.55. The van der Waals surface area contributed by atoms with Crippen molar-refractivity contribution < 1.29 is 9.72 Å². The van der Waals surface area contributed by atoms with Crippen molar-refractivity contribution in [3.8, 4) is 0 Å². The molecule has 0 aliphatic carbocycles. The van der Waals surface area contributed by atoms with E-state index in [9.17, 15) is 14.9 Å². The smallest absolute Gasteiger partial charge is 0.271 e. The third kappa shape index (κ3) is 3.51. The van der Waals surface area contributed by atoms with Gasteiger partial charge in [0.25, 0.3) is 11.6 Å². The molecule has 1 heterocycles. The summed E-state index contributed by atoms with van der Waals surface area (Å²) in [5, 5.41) is 15.7. The molecule has 1 aromatic heterocycles. The Hall–Kier alpha value is -3.74. The molecule has 1 N–H and O–H groups in total. The SMILES string of the molecule is C=CCn1cc(/C=N\NC(=O)c2ccc([N+](=O)[O-])cc2)c2ccccc21. The fourth-order valence-corrected chi connectivity index (χ4v) is 2.63. The molecule has 3 rings (SSSR count). The van der Waals surface area contributed by atoms with Gasteiger partial charge in [0.2, 0.25) is 0 Å². The Morgan fingerprint density at radius 3 is 2.65 bits per heavy atom. The van der Waals surface area contributed by atoms with Gasteiger partial charge < -0.3 is 4.57 Å². The molecule has 0 radical (unpaired) electrons. The maximum absolute atomic E-state index is 12.1. The Labute approximate surface area is 149 Å². The number of para-hydroxylation sites is 1. The van der Waals surface area contributed by atoms with Crippen LogP contribution in [0.4, 0.5) is 5.69 Å². The van der Waals surface area contributed by atoms with Crippen LogP contribution in [0.1, 0.15) is 15.9 Å². The van der Waals surface area contributed by atoms with Crippen molar-refractivity contribution in [2.45, 2.75) is 6.54 Å². The van der Waals surface area contributed by atoms with Gasteiger partial charge in [0.15, 0.2) is 0 Å². The van der Waals surface area contributed by atoms with Crippen LogP contribution in [0.2, 0.25) is 0 Å². The summed E-state index contributed by atoms with van der Waals surface area (Å²) in [6.07, 6.45) is 5.32. The van der Waals surface area contributed by atoms with Gasteiger partial charge in [0.05, 0.1) is 11.1 Å². The minimum Gasteiger partial charge on any atom is -0.343 e. The Kier molecular flexibility index (Phi) is 4.89. The monoisotopic (exact) mass is 348 g/mol. The molecule has 7 nitrogen and oxygen atoms in total.